The highest BCUT2D eigenvalue weighted by Crippen LogP contribution is 2.35. The molecule has 136 valence electrons. The second-order valence-electron chi connectivity index (χ2n) is 5.88. The maximum Gasteiger partial charge on any atom is 0.162 e. The van der Waals surface area contributed by atoms with Crippen LogP contribution in [0, 0.1) is 9.56 Å². The lowest BCUT2D eigenvalue weighted by Crippen LogP contribution is -1.99. The number of ether oxygens (including phenoxy) is 3. The highest BCUT2D eigenvalue weighted by atomic mass is 32.2. The molecule has 0 aliphatic rings. The largest absolute Gasteiger partial charge is 0.493 e. The lowest BCUT2D eigenvalue weighted by molar-refractivity contribution is 0.309. The Bertz CT molecular complexity index is 1030. The van der Waals surface area contributed by atoms with Crippen molar-refractivity contribution in [2.45, 2.75) is 11.5 Å². The number of hydrogen-bond acceptors (Lipinski definition) is 6. The van der Waals surface area contributed by atoms with Crippen LogP contribution in [0.1, 0.15) is 5.56 Å². The van der Waals surface area contributed by atoms with Crippen LogP contribution in [0.2, 0.25) is 0 Å². The van der Waals surface area contributed by atoms with E-state index in [0.29, 0.717) is 23.9 Å². The number of methoxy groups -OCH3 is 2. The molecule has 3 aromatic rings. The minimum absolute atomic E-state index is 0.385. The molecule has 0 unspecified atom stereocenters. The first-order valence-corrected chi connectivity index (χ1v) is 9.96. The van der Waals surface area contributed by atoms with Gasteiger partial charge in [-0.15, -0.1) is 0 Å². The summed E-state index contributed by atoms with van der Waals surface area (Å²) in [7, 11) is 0.980. The predicted octanol–water partition coefficient (Wildman–Crippen LogP) is 4.50. The summed E-state index contributed by atoms with van der Waals surface area (Å²) >= 11 is 0. The molecule has 0 radical (unpaired) electrons. The van der Waals surface area contributed by atoms with Crippen molar-refractivity contribution in [2.75, 3.05) is 20.5 Å². The van der Waals surface area contributed by atoms with Gasteiger partial charge in [0.25, 0.3) is 0 Å². The van der Waals surface area contributed by atoms with E-state index in [0.717, 1.165) is 21.4 Å². The zero-order chi connectivity index (χ0) is 18.7. The summed E-state index contributed by atoms with van der Waals surface area (Å²) in [5.74, 6) is 1.95. The number of rotatable bonds is 6. The second-order valence-corrected chi connectivity index (χ2v) is 8.19. The molecule has 0 bridgehead atoms. The van der Waals surface area contributed by atoms with Gasteiger partial charge in [0.2, 0.25) is 0 Å². The van der Waals surface area contributed by atoms with Gasteiger partial charge < -0.3 is 14.2 Å². The van der Waals surface area contributed by atoms with Crippen molar-refractivity contribution in [2.24, 2.45) is 0 Å². The standard InChI is InChI=1S/C19H21N3O3S/c1-23-18-10-15-16(11-19(18)24-2)22-9-8-17(15)25-12-13-4-6-14(7-5-13)26(3,20)21/h4-11,20-21H,12H2,1-3H3. The fourth-order valence-electron chi connectivity index (χ4n) is 2.59. The van der Waals surface area contributed by atoms with Crippen molar-refractivity contribution in [3.63, 3.8) is 0 Å². The second kappa shape index (κ2) is 7.21. The Morgan fingerprint density at radius 2 is 1.58 bits per heavy atom. The topological polar surface area (TPSA) is 88.3 Å². The fourth-order valence-corrected chi connectivity index (χ4v) is 3.27. The number of nitrogens with one attached hydrogen (secondary N) is 2. The molecular weight excluding hydrogens is 350 g/mol. The molecule has 3 rings (SSSR count). The molecule has 1 aromatic heterocycles. The molecule has 0 aliphatic heterocycles. The zero-order valence-electron chi connectivity index (χ0n) is 14.9. The van der Waals surface area contributed by atoms with E-state index in [-0.39, 0.29) is 0 Å². The van der Waals surface area contributed by atoms with Crippen molar-refractivity contribution in [3.05, 3.63) is 54.2 Å². The van der Waals surface area contributed by atoms with Gasteiger partial charge in [-0.3, -0.25) is 14.5 Å². The Hall–Kier alpha value is -2.80. The first-order valence-electron chi connectivity index (χ1n) is 7.92. The van der Waals surface area contributed by atoms with E-state index in [2.05, 4.69) is 4.98 Å². The molecule has 0 aliphatic carbocycles. The number of benzene rings is 2. The summed E-state index contributed by atoms with van der Waals surface area (Å²) in [6, 6.07) is 12.9. The van der Waals surface area contributed by atoms with Crippen molar-refractivity contribution in [1.82, 2.24) is 4.98 Å². The van der Waals surface area contributed by atoms with Crippen LogP contribution in [0.4, 0.5) is 0 Å². The van der Waals surface area contributed by atoms with Crippen LogP contribution in [0.3, 0.4) is 0 Å². The Labute approximate surface area is 153 Å². The van der Waals surface area contributed by atoms with E-state index in [4.69, 9.17) is 23.8 Å². The Kier molecular flexibility index (Phi) is 4.99. The molecule has 0 atom stereocenters. The van der Waals surface area contributed by atoms with Crippen LogP contribution in [0.5, 0.6) is 17.2 Å². The minimum atomic E-state index is -2.20. The average Bonchev–Trinajstić information content (AvgIpc) is 2.64. The summed E-state index contributed by atoms with van der Waals surface area (Å²) in [6.07, 6.45) is 3.32. The lowest BCUT2D eigenvalue weighted by atomic mass is 10.1. The maximum atomic E-state index is 7.83. The number of hydrogen-bond donors (Lipinski definition) is 2. The molecular formula is C19H21N3O3S. The first kappa shape index (κ1) is 18.0. The third kappa shape index (κ3) is 3.72. The number of nitrogens with zero attached hydrogens (tertiary/aromatic N) is 1. The molecule has 26 heavy (non-hydrogen) atoms. The molecule has 0 amide bonds. The quantitative estimate of drug-likeness (QED) is 0.668. The van der Waals surface area contributed by atoms with E-state index < -0.39 is 9.62 Å². The smallest absolute Gasteiger partial charge is 0.162 e. The third-order valence-electron chi connectivity index (χ3n) is 4.00. The van der Waals surface area contributed by atoms with E-state index in [1.165, 1.54) is 0 Å². The molecule has 0 spiro atoms. The number of fused-ring (bicyclic) bond motifs is 1. The summed E-state index contributed by atoms with van der Waals surface area (Å²) in [5.41, 5.74) is 1.74. The fraction of sp³-hybridized carbons (Fsp3) is 0.211. The molecule has 1 heterocycles. The Morgan fingerprint density at radius 1 is 0.923 bits per heavy atom. The third-order valence-corrected chi connectivity index (χ3v) is 5.21. The van der Waals surface area contributed by atoms with Crippen molar-refractivity contribution in [1.29, 1.82) is 9.56 Å². The van der Waals surface area contributed by atoms with E-state index in [1.54, 1.807) is 26.7 Å². The maximum absolute atomic E-state index is 7.83. The molecule has 2 N–H and O–H groups in total. The summed E-state index contributed by atoms with van der Waals surface area (Å²) in [6.45, 7) is 0.385. The first-order chi connectivity index (χ1) is 12.4. The van der Waals surface area contributed by atoms with Gasteiger partial charge in [0.05, 0.1) is 19.7 Å². The van der Waals surface area contributed by atoms with Crippen molar-refractivity contribution >= 4 is 20.5 Å². The van der Waals surface area contributed by atoms with Crippen LogP contribution in [0.25, 0.3) is 10.9 Å². The molecule has 0 saturated heterocycles. The van der Waals surface area contributed by atoms with Crippen LogP contribution in [-0.4, -0.2) is 25.5 Å². The molecule has 0 fully saturated rings. The Morgan fingerprint density at radius 3 is 2.19 bits per heavy atom. The normalized spacial score (nSPS) is 11.3. The summed E-state index contributed by atoms with van der Waals surface area (Å²) < 4.78 is 32.3. The zero-order valence-corrected chi connectivity index (χ0v) is 15.7. The van der Waals surface area contributed by atoms with Crippen LogP contribution >= 0.6 is 0 Å². The van der Waals surface area contributed by atoms with E-state index in [9.17, 15) is 0 Å². The summed E-state index contributed by atoms with van der Waals surface area (Å²) in [5, 5.41) is 0.844. The summed E-state index contributed by atoms with van der Waals surface area (Å²) in [4.78, 5) is 5.09. The van der Waals surface area contributed by atoms with Gasteiger partial charge >= 0.3 is 0 Å². The average molecular weight is 371 g/mol. The van der Waals surface area contributed by atoms with Crippen LogP contribution in [0.15, 0.2) is 53.6 Å². The van der Waals surface area contributed by atoms with Gasteiger partial charge in [-0.25, -0.2) is 0 Å². The predicted molar refractivity (Wildman–Crippen MR) is 103 cm³/mol. The van der Waals surface area contributed by atoms with Gasteiger partial charge in [0, 0.05) is 28.8 Å². The van der Waals surface area contributed by atoms with Crippen molar-refractivity contribution in [3.8, 4) is 17.2 Å². The molecule has 7 heteroatoms. The monoisotopic (exact) mass is 371 g/mol. The SMILES string of the molecule is COc1cc2nccc(OCc3ccc(S(C)(=N)=N)cc3)c2cc1OC. The van der Waals surface area contributed by atoms with Crippen LogP contribution in [-0.2, 0) is 16.2 Å². The van der Waals surface area contributed by atoms with Gasteiger partial charge in [-0.1, -0.05) is 12.1 Å². The lowest BCUT2D eigenvalue weighted by Gasteiger charge is -2.13. The van der Waals surface area contributed by atoms with Gasteiger partial charge in [0.15, 0.2) is 11.5 Å². The highest BCUT2D eigenvalue weighted by molar-refractivity contribution is 7.92. The molecule has 0 saturated carbocycles. The molecule has 2 aromatic carbocycles. The molecule has 6 nitrogen and oxygen atoms in total. The highest BCUT2D eigenvalue weighted by Gasteiger charge is 2.11. The van der Waals surface area contributed by atoms with Gasteiger partial charge in [0.1, 0.15) is 12.4 Å². The van der Waals surface area contributed by atoms with Crippen LogP contribution < -0.4 is 14.2 Å². The van der Waals surface area contributed by atoms with Gasteiger partial charge in [-0.05, 0) is 39.4 Å². The Balaban J connectivity index is 1.87. The minimum Gasteiger partial charge on any atom is -0.493 e. The van der Waals surface area contributed by atoms with Gasteiger partial charge in [-0.2, -0.15) is 0 Å². The number of aromatic nitrogens is 1. The van der Waals surface area contributed by atoms with E-state index in [1.807, 2.05) is 42.5 Å². The van der Waals surface area contributed by atoms with Crippen molar-refractivity contribution < 1.29 is 14.2 Å². The van der Waals surface area contributed by atoms with E-state index >= 15 is 0 Å². The number of pyridine rings is 1.